The molecule has 1 aliphatic heterocycles. The second-order valence-corrected chi connectivity index (χ2v) is 6.61. The highest BCUT2D eigenvalue weighted by Crippen LogP contribution is 2.26. The van der Waals surface area contributed by atoms with Crippen molar-refractivity contribution in [3.8, 4) is 0 Å². The lowest BCUT2D eigenvalue weighted by atomic mass is 10.2. The van der Waals surface area contributed by atoms with Crippen LogP contribution in [0.25, 0.3) is 0 Å². The number of amides is 1. The van der Waals surface area contributed by atoms with E-state index < -0.39 is 43.7 Å². The van der Waals surface area contributed by atoms with Crippen molar-refractivity contribution in [2.24, 2.45) is 0 Å². The lowest BCUT2D eigenvalue weighted by molar-refractivity contribution is 0.0240. The van der Waals surface area contributed by atoms with Gasteiger partial charge in [-0.3, -0.25) is 0 Å². The van der Waals surface area contributed by atoms with Crippen molar-refractivity contribution < 1.29 is 30.0 Å². The number of methoxy groups -OCH3 is 1. The number of hydrogen-bond donors (Lipinski definition) is 0. The predicted octanol–water partition coefficient (Wildman–Crippen LogP) is 3.29. The van der Waals surface area contributed by atoms with Gasteiger partial charge in [0.15, 0.2) is 0 Å². The van der Waals surface area contributed by atoms with Gasteiger partial charge in [-0.15, -0.1) is 0 Å². The van der Waals surface area contributed by atoms with Crippen molar-refractivity contribution in [1.82, 2.24) is 4.90 Å². The minimum absolute atomic E-state index is 0.0378. The van der Waals surface area contributed by atoms with Crippen molar-refractivity contribution in [2.75, 3.05) is 38.0 Å². The molecule has 6 nitrogen and oxygen atoms in total. The standard InChI is InChI=1S/C17H23BrN2O4/c1-17(2,3)24-16(22)20-9-7-19(8-10-20)12-5-6-13(14(18)11-12)15(21)23-4/h5-6,11H,7-10H2,1-4H3/i7D2,8D2,9D2,10D2. The Morgan fingerprint density at radius 2 is 1.83 bits per heavy atom. The molecule has 1 saturated heterocycles. The lowest BCUT2D eigenvalue weighted by Gasteiger charge is -2.36. The van der Waals surface area contributed by atoms with E-state index in [1.54, 1.807) is 0 Å². The average Bonchev–Trinajstić information content (AvgIpc) is 2.57. The van der Waals surface area contributed by atoms with Gasteiger partial charge in [-0.2, -0.15) is 0 Å². The van der Waals surface area contributed by atoms with Gasteiger partial charge in [0.05, 0.1) is 23.6 Å². The molecule has 1 amide bonds. The number of hydrogen-bond acceptors (Lipinski definition) is 5. The highest BCUT2D eigenvalue weighted by molar-refractivity contribution is 9.10. The van der Waals surface area contributed by atoms with Crippen LogP contribution in [0.3, 0.4) is 0 Å². The van der Waals surface area contributed by atoms with Crippen LogP contribution in [0.5, 0.6) is 0 Å². The number of nitrogens with zero attached hydrogens (tertiary/aromatic N) is 2. The van der Waals surface area contributed by atoms with Crippen molar-refractivity contribution in [3.05, 3.63) is 28.2 Å². The van der Waals surface area contributed by atoms with E-state index in [0.717, 1.165) is 19.2 Å². The summed E-state index contributed by atoms with van der Waals surface area (Å²) in [4.78, 5) is 24.6. The number of carbonyl (C=O) groups excluding carboxylic acids is 2. The van der Waals surface area contributed by atoms with Gasteiger partial charge in [0.1, 0.15) is 5.60 Å². The van der Waals surface area contributed by atoms with Crippen molar-refractivity contribution in [2.45, 2.75) is 26.4 Å². The molecule has 0 unspecified atom stereocenters. The Hall–Kier alpha value is -1.76. The second-order valence-electron chi connectivity index (χ2n) is 5.75. The van der Waals surface area contributed by atoms with Crippen LogP contribution >= 0.6 is 15.9 Å². The molecule has 132 valence electrons. The molecule has 0 bridgehead atoms. The van der Waals surface area contributed by atoms with Gasteiger partial charge in [-0.1, -0.05) is 0 Å². The summed E-state index contributed by atoms with van der Waals surface area (Å²) in [6.45, 7) is -8.94. The number of piperazine rings is 1. The number of anilines is 1. The molecule has 1 aromatic carbocycles. The molecule has 0 aromatic heterocycles. The van der Waals surface area contributed by atoms with Crippen LogP contribution in [0.4, 0.5) is 10.5 Å². The van der Waals surface area contributed by atoms with Crippen molar-refractivity contribution in [1.29, 1.82) is 0 Å². The molecule has 24 heavy (non-hydrogen) atoms. The lowest BCUT2D eigenvalue weighted by Crippen LogP contribution is -2.50. The Morgan fingerprint density at radius 1 is 1.21 bits per heavy atom. The summed E-state index contributed by atoms with van der Waals surface area (Å²) < 4.78 is 76.6. The van der Waals surface area contributed by atoms with E-state index in [1.165, 1.54) is 26.8 Å². The number of carbonyl (C=O) groups is 2. The van der Waals surface area contributed by atoms with Crippen LogP contribution in [0, 0.1) is 0 Å². The average molecular weight is 407 g/mol. The third kappa shape index (κ3) is 4.63. The van der Waals surface area contributed by atoms with Crippen molar-refractivity contribution in [3.63, 3.8) is 0 Å². The quantitative estimate of drug-likeness (QED) is 0.705. The topological polar surface area (TPSA) is 59.1 Å². The minimum atomic E-state index is -3.38. The zero-order valence-corrected chi connectivity index (χ0v) is 15.2. The van der Waals surface area contributed by atoms with Crippen LogP contribution in [0.15, 0.2) is 22.7 Å². The Bertz CT molecular complexity index is 908. The van der Waals surface area contributed by atoms with E-state index >= 15 is 0 Å². The molecule has 0 aliphatic carbocycles. The maximum atomic E-state index is 12.7. The molecule has 0 saturated carbocycles. The van der Waals surface area contributed by atoms with E-state index in [1.807, 2.05) is 0 Å². The number of esters is 1. The van der Waals surface area contributed by atoms with Gasteiger partial charge >= 0.3 is 12.1 Å². The molecular formula is C17H23BrN2O4. The SMILES string of the molecule is [2H]C1([2H])N(C(=O)OC(C)(C)C)C([2H])([2H])C([2H])([2H])N(c2ccc(C(=O)OC)c(Br)c2)C1([2H])[2H]. The highest BCUT2D eigenvalue weighted by Gasteiger charge is 2.26. The van der Waals surface area contributed by atoms with Gasteiger partial charge in [0.2, 0.25) is 0 Å². The number of halogens is 1. The van der Waals surface area contributed by atoms with Crippen LogP contribution in [0.1, 0.15) is 42.1 Å². The smallest absolute Gasteiger partial charge is 0.410 e. The van der Waals surface area contributed by atoms with Gasteiger partial charge in [0, 0.05) is 36.1 Å². The predicted molar refractivity (Wildman–Crippen MR) is 95.5 cm³/mol. The summed E-state index contributed by atoms with van der Waals surface area (Å²) in [5.41, 5.74) is -1.42. The third-order valence-corrected chi connectivity index (χ3v) is 3.40. The first-order valence-corrected chi connectivity index (χ1v) is 7.74. The van der Waals surface area contributed by atoms with Gasteiger partial charge in [-0.05, 0) is 54.9 Å². The first-order valence-electron chi connectivity index (χ1n) is 10.9. The van der Waals surface area contributed by atoms with Crippen molar-refractivity contribution >= 4 is 33.7 Å². The van der Waals surface area contributed by atoms with Gasteiger partial charge in [-0.25, -0.2) is 9.59 Å². The monoisotopic (exact) mass is 406 g/mol. The largest absolute Gasteiger partial charge is 0.465 e. The fraction of sp³-hybridized carbons (Fsp3) is 0.529. The normalized spacial score (nSPS) is 28.5. The van der Waals surface area contributed by atoms with E-state index in [9.17, 15) is 9.59 Å². The zero-order chi connectivity index (χ0) is 25.1. The molecule has 0 spiro atoms. The molecule has 0 radical (unpaired) electrons. The molecule has 1 heterocycles. The Balaban J connectivity index is 2.70. The summed E-state index contributed by atoms with van der Waals surface area (Å²) >= 11 is 3.11. The molecular weight excluding hydrogens is 376 g/mol. The Kier molecular flexibility index (Phi) is 3.18. The maximum absolute atomic E-state index is 12.7. The third-order valence-electron chi connectivity index (χ3n) is 2.74. The number of ether oxygens (including phenoxy) is 2. The summed E-state index contributed by atoms with van der Waals surface area (Å²) in [5, 5.41) is 0. The van der Waals surface area contributed by atoms with Gasteiger partial charge < -0.3 is 19.3 Å². The summed E-state index contributed by atoms with van der Waals surface area (Å²) in [6.07, 6.45) is -1.55. The Morgan fingerprint density at radius 3 is 2.33 bits per heavy atom. The Labute approximate surface area is 162 Å². The first kappa shape index (κ1) is 10.3. The molecule has 0 N–H and O–H groups in total. The summed E-state index contributed by atoms with van der Waals surface area (Å²) in [6, 6.07) is 3.46. The fourth-order valence-corrected chi connectivity index (χ4v) is 2.23. The van der Waals surface area contributed by atoms with Crippen LogP contribution in [-0.4, -0.2) is 55.7 Å². The molecule has 1 aromatic rings. The maximum Gasteiger partial charge on any atom is 0.410 e. The van der Waals surface area contributed by atoms with Crippen LogP contribution < -0.4 is 4.90 Å². The molecule has 1 aliphatic rings. The van der Waals surface area contributed by atoms with Crippen LogP contribution in [0.2, 0.25) is 0 Å². The molecule has 0 atom stereocenters. The summed E-state index contributed by atoms with van der Waals surface area (Å²) in [5.74, 6) is -0.727. The molecule has 2 rings (SSSR count). The molecule has 7 heteroatoms. The highest BCUT2D eigenvalue weighted by atomic mass is 79.9. The second kappa shape index (κ2) is 7.42. The number of benzene rings is 1. The number of rotatable bonds is 2. The van der Waals surface area contributed by atoms with E-state index in [-0.39, 0.29) is 25.5 Å². The minimum Gasteiger partial charge on any atom is -0.465 e. The zero-order valence-electron chi connectivity index (χ0n) is 21.6. The first-order chi connectivity index (χ1) is 14.2. The van der Waals surface area contributed by atoms with Gasteiger partial charge in [0.25, 0.3) is 0 Å². The summed E-state index contributed by atoms with van der Waals surface area (Å²) in [7, 11) is 1.15. The van der Waals surface area contributed by atoms with Crippen LogP contribution in [-0.2, 0) is 9.47 Å². The molecule has 1 fully saturated rings. The van der Waals surface area contributed by atoms with E-state index in [4.69, 9.17) is 15.7 Å². The fourth-order valence-electron chi connectivity index (χ4n) is 1.70. The van der Waals surface area contributed by atoms with E-state index in [2.05, 4.69) is 20.7 Å². The van der Waals surface area contributed by atoms with E-state index in [0.29, 0.717) is 0 Å².